The normalized spacial score (nSPS) is 26.5. The molecule has 0 aliphatic heterocycles. The molecule has 17 heavy (non-hydrogen) atoms. The molecule has 1 N–H and O–H groups in total. The second kappa shape index (κ2) is 3.46. The Morgan fingerprint density at radius 2 is 2.12 bits per heavy atom. The first-order chi connectivity index (χ1) is 8.13. The molecule has 2 aliphatic rings. The Labute approximate surface area is 101 Å². The molecule has 1 fully saturated rings. The van der Waals surface area contributed by atoms with Crippen LogP contribution in [0.15, 0.2) is 30.4 Å². The summed E-state index contributed by atoms with van der Waals surface area (Å²) < 4.78 is 0. The van der Waals surface area contributed by atoms with Gasteiger partial charge < -0.3 is 5.11 Å². The Kier molecular flexibility index (Phi) is 2.15. The van der Waals surface area contributed by atoms with Gasteiger partial charge in [-0.1, -0.05) is 18.2 Å². The number of carboxylic acids is 1. The summed E-state index contributed by atoms with van der Waals surface area (Å²) in [5, 5.41) is 9.09. The molecule has 1 unspecified atom stereocenters. The number of rotatable bonds is 1. The zero-order valence-corrected chi connectivity index (χ0v) is 9.83. The van der Waals surface area contributed by atoms with Gasteiger partial charge in [-0.3, -0.25) is 0 Å². The fourth-order valence-electron chi connectivity index (χ4n) is 3.50. The van der Waals surface area contributed by atoms with Crippen LogP contribution in [-0.2, 0) is 11.8 Å². The van der Waals surface area contributed by atoms with Crippen molar-refractivity contribution in [2.75, 3.05) is 0 Å². The lowest BCUT2D eigenvalue weighted by atomic mass is 9.77. The van der Waals surface area contributed by atoms with E-state index in [1.807, 2.05) is 12.1 Å². The molecule has 0 aromatic heterocycles. The SMILES string of the molecule is C=C1CCCC12CCc1ccc(C(=O)O)cc12. The minimum absolute atomic E-state index is 0.0980. The maximum atomic E-state index is 11.1. The summed E-state index contributed by atoms with van der Waals surface area (Å²) in [6.45, 7) is 4.22. The highest BCUT2D eigenvalue weighted by Gasteiger charge is 2.43. The van der Waals surface area contributed by atoms with Crippen molar-refractivity contribution in [1.82, 2.24) is 0 Å². The van der Waals surface area contributed by atoms with E-state index in [4.69, 9.17) is 5.11 Å². The lowest BCUT2D eigenvalue weighted by molar-refractivity contribution is 0.0696. The summed E-state index contributed by atoms with van der Waals surface area (Å²) in [5.74, 6) is -0.835. The Balaban J connectivity index is 2.15. The van der Waals surface area contributed by atoms with E-state index in [-0.39, 0.29) is 5.41 Å². The second-order valence-corrected chi connectivity index (χ2v) is 5.22. The number of benzene rings is 1. The van der Waals surface area contributed by atoms with Gasteiger partial charge in [-0.2, -0.15) is 0 Å². The van der Waals surface area contributed by atoms with E-state index in [9.17, 15) is 4.79 Å². The maximum absolute atomic E-state index is 11.1. The Morgan fingerprint density at radius 3 is 2.76 bits per heavy atom. The molecule has 1 spiro atoms. The van der Waals surface area contributed by atoms with E-state index >= 15 is 0 Å². The summed E-state index contributed by atoms with van der Waals surface area (Å²) in [6, 6.07) is 5.58. The molecule has 0 heterocycles. The number of carbonyl (C=O) groups is 1. The van der Waals surface area contributed by atoms with Crippen LogP contribution >= 0.6 is 0 Å². The van der Waals surface area contributed by atoms with Crippen molar-refractivity contribution in [3.05, 3.63) is 47.0 Å². The highest BCUT2D eigenvalue weighted by molar-refractivity contribution is 5.88. The molecule has 1 saturated carbocycles. The van der Waals surface area contributed by atoms with Crippen molar-refractivity contribution in [2.45, 2.75) is 37.5 Å². The Hall–Kier alpha value is -1.57. The van der Waals surface area contributed by atoms with Crippen molar-refractivity contribution in [2.24, 2.45) is 0 Å². The maximum Gasteiger partial charge on any atom is 0.335 e. The van der Waals surface area contributed by atoms with Crippen molar-refractivity contribution >= 4 is 5.97 Å². The predicted octanol–water partition coefficient (Wildman–Crippen LogP) is 3.31. The average Bonchev–Trinajstić information content (AvgIpc) is 2.86. The van der Waals surface area contributed by atoms with Crippen LogP contribution in [0.2, 0.25) is 0 Å². The summed E-state index contributed by atoms with van der Waals surface area (Å²) >= 11 is 0. The molecular formula is C15H16O2. The molecule has 2 nitrogen and oxygen atoms in total. The highest BCUT2D eigenvalue weighted by atomic mass is 16.4. The molecule has 2 heteroatoms. The van der Waals surface area contributed by atoms with Gasteiger partial charge in [0.25, 0.3) is 0 Å². The van der Waals surface area contributed by atoms with Crippen molar-refractivity contribution in [3.8, 4) is 0 Å². The average molecular weight is 228 g/mol. The minimum atomic E-state index is -0.835. The smallest absolute Gasteiger partial charge is 0.335 e. The lowest BCUT2D eigenvalue weighted by Gasteiger charge is -2.26. The van der Waals surface area contributed by atoms with Gasteiger partial charge in [-0.05, 0) is 55.4 Å². The number of allylic oxidation sites excluding steroid dienone is 1. The van der Waals surface area contributed by atoms with Crippen LogP contribution < -0.4 is 0 Å². The Morgan fingerprint density at radius 1 is 1.29 bits per heavy atom. The molecule has 88 valence electrons. The largest absolute Gasteiger partial charge is 0.478 e. The number of hydrogen-bond acceptors (Lipinski definition) is 1. The predicted molar refractivity (Wildman–Crippen MR) is 66.4 cm³/mol. The number of carboxylic acid groups (broad SMARTS) is 1. The van der Waals surface area contributed by atoms with Crippen LogP contribution in [0.25, 0.3) is 0 Å². The topological polar surface area (TPSA) is 37.3 Å². The van der Waals surface area contributed by atoms with E-state index in [0.29, 0.717) is 5.56 Å². The van der Waals surface area contributed by atoms with Crippen LogP contribution in [0.3, 0.4) is 0 Å². The summed E-state index contributed by atoms with van der Waals surface area (Å²) in [7, 11) is 0. The van der Waals surface area contributed by atoms with Gasteiger partial charge in [0.1, 0.15) is 0 Å². The molecule has 0 radical (unpaired) electrons. The van der Waals surface area contributed by atoms with Crippen LogP contribution in [0, 0.1) is 0 Å². The van der Waals surface area contributed by atoms with E-state index in [1.165, 1.54) is 23.1 Å². The van der Waals surface area contributed by atoms with E-state index in [1.54, 1.807) is 6.07 Å². The van der Waals surface area contributed by atoms with Gasteiger partial charge in [-0.15, -0.1) is 0 Å². The third-order valence-electron chi connectivity index (χ3n) is 4.45. The molecule has 1 aromatic rings. The van der Waals surface area contributed by atoms with Crippen molar-refractivity contribution in [3.63, 3.8) is 0 Å². The van der Waals surface area contributed by atoms with Gasteiger partial charge in [0.05, 0.1) is 5.56 Å². The zero-order valence-electron chi connectivity index (χ0n) is 9.83. The van der Waals surface area contributed by atoms with E-state index < -0.39 is 5.97 Å². The fourth-order valence-corrected chi connectivity index (χ4v) is 3.50. The molecule has 1 atom stereocenters. The highest BCUT2D eigenvalue weighted by Crippen LogP contribution is 2.52. The number of hydrogen-bond donors (Lipinski definition) is 1. The number of aromatic carboxylic acids is 1. The van der Waals surface area contributed by atoms with Gasteiger partial charge >= 0.3 is 5.97 Å². The van der Waals surface area contributed by atoms with Crippen LogP contribution in [0.1, 0.15) is 47.2 Å². The Bertz CT molecular complexity index is 516. The second-order valence-electron chi connectivity index (χ2n) is 5.22. The molecular weight excluding hydrogens is 212 g/mol. The van der Waals surface area contributed by atoms with Gasteiger partial charge in [0, 0.05) is 5.41 Å². The molecule has 1 aromatic carbocycles. The summed E-state index contributed by atoms with van der Waals surface area (Å²) in [5.41, 5.74) is 4.36. The monoisotopic (exact) mass is 228 g/mol. The van der Waals surface area contributed by atoms with Gasteiger partial charge in [-0.25, -0.2) is 4.79 Å². The van der Waals surface area contributed by atoms with Crippen molar-refractivity contribution in [1.29, 1.82) is 0 Å². The first-order valence-corrected chi connectivity index (χ1v) is 6.18. The van der Waals surface area contributed by atoms with E-state index in [0.717, 1.165) is 25.7 Å². The quantitative estimate of drug-likeness (QED) is 0.749. The van der Waals surface area contributed by atoms with Gasteiger partial charge in [0.15, 0.2) is 0 Å². The molecule has 2 aliphatic carbocycles. The minimum Gasteiger partial charge on any atom is -0.478 e. The standard InChI is InChI=1S/C15H16O2/c1-10-3-2-7-15(10)8-6-11-4-5-12(14(16)17)9-13(11)15/h4-5,9H,1-3,6-8H2,(H,16,17). The number of fused-ring (bicyclic) bond motifs is 2. The van der Waals surface area contributed by atoms with E-state index in [2.05, 4.69) is 6.58 Å². The summed E-state index contributed by atoms with van der Waals surface area (Å²) in [4.78, 5) is 11.1. The third-order valence-corrected chi connectivity index (χ3v) is 4.45. The van der Waals surface area contributed by atoms with Crippen molar-refractivity contribution < 1.29 is 9.90 Å². The first kappa shape index (κ1) is 10.6. The molecule has 0 amide bonds. The van der Waals surface area contributed by atoms with Crippen LogP contribution in [0.5, 0.6) is 0 Å². The summed E-state index contributed by atoms with van der Waals surface area (Å²) in [6.07, 6.45) is 5.60. The third kappa shape index (κ3) is 1.36. The van der Waals surface area contributed by atoms with Crippen LogP contribution in [0.4, 0.5) is 0 Å². The zero-order chi connectivity index (χ0) is 12.0. The molecule has 0 saturated heterocycles. The molecule has 0 bridgehead atoms. The fraction of sp³-hybridized carbons (Fsp3) is 0.400. The molecule has 3 rings (SSSR count). The first-order valence-electron chi connectivity index (χ1n) is 6.18. The van der Waals surface area contributed by atoms with Crippen LogP contribution in [-0.4, -0.2) is 11.1 Å². The number of aryl methyl sites for hydroxylation is 1. The lowest BCUT2D eigenvalue weighted by Crippen LogP contribution is -2.20. The van der Waals surface area contributed by atoms with Gasteiger partial charge in [0.2, 0.25) is 0 Å².